The van der Waals surface area contributed by atoms with Gasteiger partial charge in [-0.3, -0.25) is 0 Å². The van der Waals surface area contributed by atoms with Crippen LogP contribution in [-0.4, -0.2) is 16.6 Å². The van der Waals surface area contributed by atoms with E-state index in [-0.39, 0.29) is 22.3 Å². The maximum absolute atomic E-state index is 14.0. The second kappa shape index (κ2) is 8.47. The molecule has 0 radical (unpaired) electrons. The van der Waals surface area contributed by atoms with E-state index in [1.54, 1.807) is 6.07 Å². The molecule has 0 atom stereocenters. The first-order valence-electron chi connectivity index (χ1n) is 9.25. The number of alkyl halides is 3. The molecule has 0 bridgehead atoms. The standard InChI is InChI=1S/C21H26F4N2O/c1-5-6-7-26-11-14-8-15(20(2,3)4)10-16(18(14)28)13-9-17(22)19(27-12-13)21(23,24)25/h8-10,12,26,28H,5-7,11H2,1-4H3. The molecule has 7 heteroatoms. The second-order valence-corrected chi connectivity index (χ2v) is 7.86. The largest absolute Gasteiger partial charge is 0.507 e. The Morgan fingerprint density at radius 3 is 2.32 bits per heavy atom. The Labute approximate surface area is 162 Å². The highest BCUT2D eigenvalue weighted by Gasteiger charge is 2.36. The highest BCUT2D eigenvalue weighted by molar-refractivity contribution is 5.72. The van der Waals surface area contributed by atoms with Crippen molar-refractivity contribution in [1.29, 1.82) is 0 Å². The fourth-order valence-corrected chi connectivity index (χ4v) is 2.80. The van der Waals surface area contributed by atoms with Crippen molar-refractivity contribution >= 4 is 0 Å². The van der Waals surface area contributed by atoms with Gasteiger partial charge < -0.3 is 10.4 Å². The molecule has 0 aliphatic carbocycles. The van der Waals surface area contributed by atoms with Crippen LogP contribution in [0.5, 0.6) is 5.75 Å². The van der Waals surface area contributed by atoms with Gasteiger partial charge >= 0.3 is 6.18 Å². The molecule has 28 heavy (non-hydrogen) atoms. The van der Waals surface area contributed by atoms with E-state index in [0.29, 0.717) is 12.1 Å². The molecule has 0 saturated heterocycles. The molecule has 2 rings (SSSR count). The Hall–Kier alpha value is -2.15. The van der Waals surface area contributed by atoms with Gasteiger partial charge in [0.2, 0.25) is 0 Å². The SMILES string of the molecule is CCCCNCc1cc(C(C)(C)C)cc(-c2cnc(C(F)(F)F)c(F)c2)c1O. The minimum absolute atomic E-state index is 0.0852. The number of aromatic nitrogens is 1. The number of halogens is 4. The zero-order valence-corrected chi connectivity index (χ0v) is 16.5. The van der Waals surface area contributed by atoms with Crippen LogP contribution < -0.4 is 5.32 Å². The minimum Gasteiger partial charge on any atom is -0.507 e. The van der Waals surface area contributed by atoms with Gasteiger partial charge in [0.25, 0.3) is 0 Å². The van der Waals surface area contributed by atoms with Gasteiger partial charge in [-0.2, -0.15) is 13.2 Å². The summed E-state index contributed by atoms with van der Waals surface area (Å²) >= 11 is 0. The monoisotopic (exact) mass is 398 g/mol. The quantitative estimate of drug-likeness (QED) is 0.478. The lowest BCUT2D eigenvalue weighted by Crippen LogP contribution is -2.17. The predicted molar refractivity (Wildman–Crippen MR) is 102 cm³/mol. The average Bonchev–Trinajstić information content (AvgIpc) is 2.57. The molecule has 0 fully saturated rings. The van der Waals surface area contributed by atoms with Crippen molar-refractivity contribution in [3.05, 3.63) is 47.0 Å². The Bertz CT molecular complexity index is 826. The molecule has 0 saturated carbocycles. The lowest BCUT2D eigenvalue weighted by Gasteiger charge is -2.23. The maximum Gasteiger partial charge on any atom is 0.436 e. The zero-order chi connectivity index (χ0) is 21.1. The third-order valence-corrected chi connectivity index (χ3v) is 4.50. The first-order chi connectivity index (χ1) is 12.9. The molecule has 1 aromatic heterocycles. The first kappa shape index (κ1) is 22.1. The molecular weight excluding hydrogens is 372 g/mol. The number of nitrogens with one attached hydrogen (secondary N) is 1. The fourth-order valence-electron chi connectivity index (χ4n) is 2.80. The van der Waals surface area contributed by atoms with Crippen molar-refractivity contribution < 1.29 is 22.7 Å². The average molecular weight is 398 g/mol. The number of benzene rings is 1. The molecule has 154 valence electrons. The summed E-state index contributed by atoms with van der Waals surface area (Å²) in [5.41, 5.74) is 0.0260. The zero-order valence-electron chi connectivity index (χ0n) is 16.5. The molecule has 0 aliphatic heterocycles. The van der Waals surface area contributed by atoms with Gasteiger partial charge in [-0.1, -0.05) is 40.2 Å². The predicted octanol–water partition coefficient (Wildman–Crippen LogP) is 5.80. The summed E-state index contributed by atoms with van der Waals surface area (Å²) in [6.07, 6.45) is -1.91. The summed E-state index contributed by atoms with van der Waals surface area (Å²) in [6.45, 7) is 9.22. The molecule has 0 spiro atoms. The van der Waals surface area contributed by atoms with E-state index in [4.69, 9.17) is 0 Å². The third-order valence-electron chi connectivity index (χ3n) is 4.50. The van der Waals surface area contributed by atoms with E-state index in [1.807, 2.05) is 26.8 Å². The normalized spacial score (nSPS) is 12.4. The van der Waals surface area contributed by atoms with Crippen LogP contribution in [-0.2, 0) is 18.1 Å². The highest BCUT2D eigenvalue weighted by atomic mass is 19.4. The van der Waals surface area contributed by atoms with E-state index >= 15 is 0 Å². The summed E-state index contributed by atoms with van der Waals surface area (Å²) in [7, 11) is 0. The summed E-state index contributed by atoms with van der Waals surface area (Å²) in [4.78, 5) is 3.25. The Kier molecular flexibility index (Phi) is 6.70. The molecule has 2 N–H and O–H groups in total. The number of phenolic OH excluding ortho intramolecular Hbond substituents is 1. The van der Waals surface area contributed by atoms with Crippen molar-refractivity contribution in [3.63, 3.8) is 0 Å². The van der Waals surface area contributed by atoms with Crippen molar-refractivity contribution in [2.24, 2.45) is 0 Å². The van der Waals surface area contributed by atoms with Crippen LogP contribution in [0.2, 0.25) is 0 Å². The van der Waals surface area contributed by atoms with Crippen LogP contribution in [0.25, 0.3) is 11.1 Å². The number of phenols is 1. The van der Waals surface area contributed by atoms with Crippen molar-refractivity contribution in [2.45, 2.75) is 58.7 Å². The molecule has 3 nitrogen and oxygen atoms in total. The smallest absolute Gasteiger partial charge is 0.436 e. The topological polar surface area (TPSA) is 45.2 Å². The molecule has 1 aromatic carbocycles. The maximum atomic E-state index is 14.0. The molecule has 0 unspecified atom stereocenters. The van der Waals surface area contributed by atoms with Gasteiger partial charge in [-0.15, -0.1) is 0 Å². The molecular formula is C21H26F4N2O. The highest BCUT2D eigenvalue weighted by Crippen LogP contribution is 2.38. The van der Waals surface area contributed by atoms with Gasteiger partial charge in [-0.05, 0) is 36.1 Å². The molecule has 1 heterocycles. The number of hydrogen-bond acceptors (Lipinski definition) is 3. The van der Waals surface area contributed by atoms with Crippen LogP contribution in [0.4, 0.5) is 17.6 Å². The minimum atomic E-state index is -4.87. The van der Waals surface area contributed by atoms with Gasteiger partial charge in [0.15, 0.2) is 11.5 Å². The molecule has 0 aliphatic rings. The molecule has 0 amide bonds. The van der Waals surface area contributed by atoms with E-state index in [0.717, 1.165) is 37.2 Å². The number of aromatic hydroxyl groups is 1. The number of pyridine rings is 1. The van der Waals surface area contributed by atoms with Crippen molar-refractivity contribution in [1.82, 2.24) is 10.3 Å². The molecule has 2 aromatic rings. The third kappa shape index (κ3) is 5.22. The summed E-state index contributed by atoms with van der Waals surface area (Å²) < 4.78 is 52.4. The lowest BCUT2D eigenvalue weighted by atomic mass is 9.83. The van der Waals surface area contributed by atoms with Crippen LogP contribution >= 0.6 is 0 Å². The first-order valence-corrected chi connectivity index (χ1v) is 9.25. The number of hydrogen-bond donors (Lipinski definition) is 2. The Morgan fingerprint density at radius 2 is 1.79 bits per heavy atom. The number of nitrogens with zero attached hydrogens (tertiary/aromatic N) is 1. The van der Waals surface area contributed by atoms with Crippen molar-refractivity contribution in [3.8, 4) is 16.9 Å². The lowest BCUT2D eigenvalue weighted by molar-refractivity contribution is -0.143. The van der Waals surface area contributed by atoms with E-state index < -0.39 is 17.7 Å². The van der Waals surface area contributed by atoms with Crippen LogP contribution in [0.1, 0.15) is 57.4 Å². The van der Waals surface area contributed by atoms with E-state index in [9.17, 15) is 22.7 Å². The summed E-state index contributed by atoms with van der Waals surface area (Å²) in [6, 6.07) is 4.31. The Balaban J connectivity index is 2.52. The van der Waals surface area contributed by atoms with Gasteiger partial charge in [-0.25, -0.2) is 9.37 Å². The Morgan fingerprint density at radius 1 is 1.11 bits per heavy atom. The number of unbranched alkanes of at least 4 members (excludes halogenated alkanes) is 1. The van der Waals surface area contributed by atoms with Crippen molar-refractivity contribution in [2.75, 3.05) is 6.54 Å². The van der Waals surface area contributed by atoms with E-state index in [1.165, 1.54) is 0 Å². The summed E-state index contributed by atoms with van der Waals surface area (Å²) in [5.74, 6) is -1.55. The van der Waals surface area contributed by atoms with Gasteiger partial charge in [0.05, 0.1) is 0 Å². The van der Waals surface area contributed by atoms with Crippen LogP contribution in [0.3, 0.4) is 0 Å². The van der Waals surface area contributed by atoms with Crippen LogP contribution in [0.15, 0.2) is 24.4 Å². The second-order valence-electron chi connectivity index (χ2n) is 7.86. The summed E-state index contributed by atoms with van der Waals surface area (Å²) in [5, 5.41) is 13.9. The van der Waals surface area contributed by atoms with Gasteiger partial charge in [0.1, 0.15) is 5.75 Å². The number of rotatable bonds is 6. The van der Waals surface area contributed by atoms with Crippen LogP contribution in [0, 0.1) is 5.82 Å². The van der Waals surface area contributed by atoms with Gasteiger partial charge in [0, 0.05) is 29.4 Å². The fraction of sp³-hybridized carbons (Fsp3) is 0.476. The van der Waals surface area contributed by atoms with E-state index in [2.05, 4.69) is 17.2 Å².